The summed E-state index contributed by atoms with van der Waals surface area (Å²) in [7, 11) is -8.85. The van der Waals surface area contributed by atoms with E-state index in [0.717, 1.165) is 49.3 Å². The molecule has 4 aromatic rings. The maximum Gasteiger partial charge on any atom is 2.00 e. The van der Waals surface area contributed by atoms with Gasteiger partial charge in [-0.3, -0.25) is 4.55 Å². The van der Waals surface area contributed by atoms with E-state index in [4.69, 9.17) is 14.0 Å². The summed E-state index contributed by atoms with van der Waals surface area (Å²) in [5.41, 5.74) is 2.00. The van der Waals surface area contributed by atoms with Crippen LogP contribution in [-0.2, 0) is 33.1 Å². The Morgan fingerprint density at radius 3 is 1.57 bits per heavy atom. The van der Waals surface area contributed by atoms with Crippen LogP contribution in [0, 0.1) is 0 Å². The van der Waals surface area contributed by atoms with Gasteiger partial charge in [0, 0.05) is 6.07 Å². The number of benzene rings is 4. The predicted octanol–water partition coefficient (Wildman–Crippen LogP) is 8.53. The van der Waals surface area contributed by atoms with Crippen molar-refractivity contribution in [3.05, 3.63) is 96.1 Å². The van der Waals surface area contributed by atoms with E-state index in [-0.39, 0.29) is 82.0 Å². The summed E-state index contributed by atoms with van der Waals surface area (Å²) in [6, 6.07) is 20.9. The number of unbranched alkanes of at least 4 members (excludes halogenated alkanes) is 8. The monoisotopic (exact) mass is 766 g/mol. The second kappa shape index (κ2) is 22.3. The van der Waals surface area contributed by atoms with Gasteiger partial charge in [-0.2, -0.15) is 8.42 Å². The van der Waals surface area contributed by atoms with E-state index in [1.807, 2.05) is 12.1 Å². The van der Waals surface area contributed by atoms with Crippen molar-refractivity contribution in [2.75, 3.05) is 0 Å². The van der Waals surface area contributed by atoms with Crippen molar-refractivity contribution in [2.45, 2.75) is 101 Å². The van der Waals surface area contributed by atoms with Crippen LogP contribution in [0.4, 0.5) is 0 Å². The zero-order valence-electron chi connectivity index (χ0n) is 29.3. The summed E-state index contributed by atoms with van der Waals surface area (Å²) in [6.07, 6.45) is 13.5. The van der Waals surface area contributed by atoms with Crippen molar-refractivity contribution in [1.29, 1.82) is 0 Å². The molecule has 0 fully saturated rings. The van der Waals surface area contributed by atoms with Gasteiger partial charge in [0.2, 0.25) is 0 Å². The molecule has 4 aromatic carbocycles. The van der Waals surface area contributed by atoms with Crippen LogP contribution in [0.15, 0.2) is 94.7 Å². The molecule has 0 radical (unpaired) electrons. The Morgan fingerprint density at radius 2 is 1.08 bits per heavy atom. The largest absolute Gasteiger partial charge is 2.00 e. The first kappa shape index (κ1) is 44.3. The van der Waals surface area contributed by atoms with Crippen LogP contribution in [0.5, 0.6) is 34.5 Å². The van der Waals surface area contributed by atoms with Gasteiger partial charge in [-0.15, -0.1) is 0 Å². The van der Waals surface area contributed by atoms with Crippen LogP contribution in [0.3, 0.4) is 0 Å². The molecule has 0 aliphatic rings. The van der Waals surface area contributed by atoms with E-state index in [1.165, 1.54) is 81.3 Å². The Kier molecular flexibility index (Phi) is 19.4. The van der Waals surface area contributed by atoms with E-state index < -0.39 is 20.2 Å². The molecular formula is C38H46CaO10S2. The van der Waals surface area contributed by atoms with Crippen molar-refractivity contribution in [3.8, 4) is 34.5 Å². The molecule has 0 amide bonds. The van der Waals surface area contributed by atoms with Gasteiger partial charge >= 0.3 is 37.7 Å². The molecule has 0 aromatic heterocycles. The Hall–Kier alpha value is -2.84. The average Bonchev–Trinajstić information content (AvgIpc) is 3.07. The van der Waals surface area contributed by atoms with Crippen LogP contribution in [-0.4, -0.2) is 68.8 Å². The summed E-state index contributed by atoms with van der Waals surface area (Å²) >= 11 is 0. The first-order valence-electron chi connectivity index (χ1n) is 16.9. The molecule has 0 aliphatic carbocycles. The summed E-state index contributed by atoms with van der Waals surface area (Å²) in [5, 5.41) is 22.3. The van der Waals surface area contributed by atoms with Gasteiger partial charge in [0.05, 0.1) is 9.79 Å². The molecule has 0 heterocycles. The molecular weight excluding hydrogens is 721 g/mol. The van der Waals surface area contributed by atoms with E-state index in [9.17, 15) is 31.6 Å². The number of phenols is 1. The third-order valence-corrected chi connectivity index (χ3v) is 9.50. The van der Waals surface area contributed by atoms with Crippen LogP contribution in [0.1, 0.15) is 89.2 Å². The van der Waals surface area contributed by atoms with Gasteiger partial charge in [0.25, 0.3) is 10.1 Å². The minimum Gasteiger partial charge on any atom is -0.870 e. The molecule has 4 rings (SSSR count). The Morgan fingerprint density at radius 1 is 0.608 bits per heavy atom. The van der Waals surface area contributed by atoms with Crippen LogP contribution in [0.2, 0.25) is 0 Å². The van der Waals surface area contributed by atoms with Gasteiger partial charge in [-0.05, 0) is 85.3 Å². The molecule has 10 nitrogen and oxygen atoms in total. The first-order chi connectivity index (χ1) is 23.8. The number of phenolic OH excluding ortho intramolecular Hbond substituents is 1. The zero-order chi connectivity index (χ0) is 36.6. The first-order valence-corrected chi connectivity index (χ1v) is 19.8. The fraction of sp³-hybridized carbons (Fsp3) is 0.368. The number of rotatable bonds is 18. The minimum atomic E-state index is -4.56. The van der Waals surface area contributed by atoms with Gasteiger partial charge in [0.1, 0.15) is 27.4 Å². The summed E-state index contributed by atoms with van der Waals surface area (Å²) < 4.78 is 75.5. The normalized spacial score (nSPS) is 11.2. The third-order valence-electron chi connectivity index (χ3n) is 7.82. The van der Waals surface area contributed by atoms with Crippen LogP contribution < -0.4 is 14.6 Å². The van der Waals surface area contributed by atoms with Gasteiger partial charge in [0.15, 0.2) is 11.5 Å². The van der Waals surface area contributed by atoms with Crippen LogP contribution >= 0.6 is 0 Å². The van der Waals surface area contributed by atoms with Crippen molar-refractivity contribution < 1.29 is 45.6 Å². The molecule has 13 heteroatoms. The molecule has 0 saturated heterocycles. The van der Waals surface area contributed by atoms with Crippen molar-refractivity contribution in [3.63, 3.8) is 0 Å². The second-order valence-corrected chi connectivity index (χ2v) is 14.8. The number of aromatic hydroxyl groups is 1. The molecule has 0 aliphatic heterocycles. The van der Waals surface area contributed by atoms with E-state index >= 15 is 0 Å². The van der Waals surface area contributed by atoms with Gasteiger partial charge < -0.3 is 24.2 Å². The molecule has 2 N–H and O–H groups in total. The predicted molar refractivity (Wildman–Crippen MR) is 195 cm³/mol. The maximum atomic E-state index is 12.2. The molecule has 0 spiro atoms. The Balaban J connectivity index is 0.000000347. The van der Waals surface area contributed by atoms with Crippen LogP contribution in [0.25, 0.3) is 0 Å². The third kappa shape index (κ3) is 16.2. The molecule has 0 atom stereocenters. The van der Waals surface area contributed by atoms with Crippen molar-refractivity contribution in [2.24, 2.45) is 0 Å². The van der Waals surface area contributed by atoms with Gasteiger partial charge in [-0.1, -0.05) is 101 Å². The van der Waals surface area contributed by atoms with Crippen molar-refractivity contribution >= 4 is 58.0 Å². The molecule has 0 bridgehead atoms. The molecule has 272 valence electrons. The minimum absolute atomic E-state index is 0. The summed E-state index contributed by atoms with van der Waals surface area (Å²) in [6.45, 7) is 4.35. The Labute approximate surface area is 332 Å². The topological polar surface area (TPSA) is 173 Å². The standard InChI is InChI=1S/2C19H24O5S.Ca/c2*1-2-3-4-5-6-8-15-11-12-19(18(20)13-15)24-16-9-7-10-17(14-16)25(21,22)23;/h2*7,9-14,20H,2-6,8H2,1H3,(H,21,22,23);/q;;+2/p-2. The smallest absolute Gasteiger partial charge is 0.870 e. The fourth-order valence-corrected chi connectivity index (χ4v) is 6.13. The summed E-state index contributed by atoms with van der Waals surface area (Å²) in [4.78, 5) is -0.644. The quantitative estimate of drug-likeness (QED) is 0.0568. The molecule has 0 saturated carbocycles. The average molecular weight is 767 g/mol. The Bertz CT molecular complexity index is 1740. The number of hydrogen-bond acceptors (Lipinski definition) is 9. The van der Waals surface area contributed by atoms with Gasteiger partial charge in [-0.25, -0.2) is 8.42 Å². The summed E-state index contributed by atoms with van der Waals surface area (Å²) in [5.74, 6) is 0.446. The SMILES string of the molecule is CCCCCCCc1ccc(Oc2cccc(S(=O)(=O)O)c2)c(O)c1.CCCCCCCc1ccc(Oc2cccc(S(=O)(=O)[O-])c2)c([O-])c1.[Ca+2]. The molecule has 0 unspecified atom stereocenters. The van der Waals surface area contributed by atoms with Crippen molar-refractivity contribution in [1.82, 2.24) is 0 Å². The number of aryl methyl sites for hydroxylation is 2. The number of ether oxygens (including phenoxy) is 2. The molecule has 51 heavy (non-hydrogen) atoms. The van der Waals surface area contributed by atoms with E-state index in [2.05, 4.69) is 13.8 Å². The fourth-order valence-electron chi connectivity index (χ4n) is 5.11. The maximum absolute atomic E-state index is 12.2. The number of hydrogen-bond donors (Lipinski definition) is 2. The second-order valence-electron chi connectivity index (χ2n) is 12.0. The van der Waals surface area contributed by atoms with E-state index in [1.54, 1.807) is 30.3 Å². The van der Waals surface area contributed by atoms with E-state index in [0.29, 0.717) is 0 Å². The zero-order valence-corrected chi connectivity index (χ0v) is 33.1.